The number of carbonyl (C=O) groups excluding carboxylic acids is 2. The fourth-order valence-corrected chi connectivity index (χ4v) is 3.06. The molecule has 0 radical (unpaired) electrons. The van der Waals surface area contributed by atoms with Crippen LogP contribution in [0.25, 0.3) is 0 Å². The van der Waals surface area contributed by atoms with Crippen LogP contribution in [0.2, 0.25) is 5.02 Å². The third kappa shape index (κ3) is 3.11. The first-order chi connectivity index (χ1) is 11.5. The normalized spacial score (nSPS) is 20.1. The molecule has 3 rings (SSSR count). The van der Waals surface area contributed by atoms with Gasteiger partial charge in [0.2, 0.25) is 0 Å². The topological polar surface area (TPSA) is 55.8 Å². The van der Waals surface area contributed by atoms with E-state index in [1.807, 2.05) is 0 Å². The van der Waals surface area contributed by atoms with Crippen molar-refractivity contribution in [1.29, 1.82) is 0 Å². The molecule has 5 nitrogen and oxygen atoms in total. The van der Waals surface area contributed by atoms with E-state index >= 15 is 0 Å². The van der Waals surface area contributed by atoms with Gasteiger partial charge in [0, 0.05) is 6.07 Å². The Balaban J connectivity index is 1.94. The monoisotopic (exact) mass is 353 g/mol. The SMILES string of the molecule is CCC=C1OC(=O)N(c2cc(OC3CCCC3)c(Cl)cc2F)C1=O. The molecular formula is C17H17ClFNO4. The van der Waals surface area contributed by atoms with E-state index in [-0.39, 0.29) is 28.3 Å². The second kappa shape index (κ2) is 6.81. The van der Waals surface area contributed by atoms with Crippen molar-refractivity contribution >= 4 is 29.3 Å². The molecule has 2 fully saturated rings. The fourth-order valence-electron chi connectivity index (χ4n) is 2.86. The standard InChI is InChI=1S/C17H17ClFNO4/c1-2-5-14-16(21)20(17(22)24-14)13-9-15(11(18)8-12(13)19)23-10-6-3-4-7-10/h5,8-10H,2-4,6-7H2,1H3. The molecule has 7 heteroatoms. The highest BCUT2D eigenvalue weighted by Crippen LogP contribution is 2.37. The summed E-state index contributed by atoms with van der Waals surface area (Å²) in [4.78, 5) is 24.9. The molecule has 0 N–H and O–H groups in total. The molecule has 128 valence electrons. The first kappa shape index (κ1) is 16.8. The number of rotatable bonds is 4. The van der Waals surface area contributed by atoms with E-state index in [0.29, 0.717) is 11.3 Å². The number of benzene rings is 1. The molecule has 0 atom stereocenters. The van der Waals surface area contributed by atoms with Crippen LogP contribution in [0.3, 0.4) is 0 Å². The Labute approximate surface area is 144 Å². The molecule has 2 aliphatic rings. The third-order valence-electron chi connectivity index (χ3n) is 4.02. The number of allylic oxidation sites excluding steroid dienone is 1. The first-order valence-electron chi connectivity index (χ1n) is 7.93. The number of halogens is 2. The lowest BCUT2D eigenvalue weighted by atomic mass is 10.2. The smallest absolute Gasteiger partial charge is 0.427 e. The summed E-state index contributed by atoms with van der Waals surface area (Å²) in [6, 6.07) is 2.33. The van der Waals surface area contributed by atoms with Crippen LogP contribution >= 0.6 is 11.6 Å². The van der Waals surface area contributed by atoms with Crippen molar-refractivity contribution in [3.8, 4) is 5.75 Å². The number of carbonyl (C=O) groups is 2. The second-order valence-electron chi connectivity index (χ2n) is 5.74. The molecule has 1 heterocycles. The average Bonchev–Trinajstić information content (AvgIpc) is 3.12. The Hall–Kier alpha value is -2.08. The Bertz CT molecular complexity index is 713. The third-order valence-corrected chi connectivity index (χ3v) is 4.32. The zero-order chi connectivity index (χ0) is 17.3. The number of hydrogen-bond donors (Lipinski definition) is 0. The minimum atomic E-state index is -0.937. The summed E-state index contributed by atoms with van der Waals surface area (Å²) in [5, 5.41) is 0.104. The Kier molecular flexibility index (Phi) is 4.76. The second-order valence-corrected chi connectivity index (χ2v) is 6.15. The lowest BCUT2D eigenvalue weighted by molar-refractivity contribution is -0.114. The number of ether oxygens (including phenoxy) is 2. The van der Waals surface area contributed by atoms with E-state index < -0.39 is 17.8 Å². The van der Waals surface area contributed by atoms with Crippen LogP contribution < -0.4 is 9.64 Å². The maximum atomic E-state index is 14.3. The number of nitrogens with zero attached hydrogens (tertiary/aromatic N) is 1. The summed E-state index contributed by atoms with van der Waals surface area (Å²) in [5.74, 6) is -1.33. The lowest BCUT2D eigenvalue weighted by Crippen LogP contribution is -2.29. The summed E-state index contributed by atoms with van der Waals surface area (Å²) in [6.45, 7) is 1.80. The molecule has 0 unspecified atom stereocenters. The largest absolute Gasteiger partial charge is 0.489 e. The van der Waals surface area contributed by atoms with Gasteiger partial charge in [-0.25, -0.2) is 14.1 Å². The molecule has 24 heavy (non-hydrogen) atoms. The van der Waals surface area contributed by atoms with Gasteiger partial charge in [-0.15, -0.1) is 0 Å². The van der Waals surface area contributed by atoms with Crippen molar-refractivity contribution in [3.63, 3.8) is 0 Å². The Morgan fingerprint density at radius 2 is 2.08 bits per heavy atom. The van der Waals surface area contributed by atoms with Gasteiger partial charge in [-0.1, -0.05) is 18.5 Å². The van der Waals surface area contributed by atoms with Gasteiger partial charge in [0.25, 0.3) is 0 Å². The average molecular weight is 354 g/mol. The van der Waals surface area contributed by atoms with E-state index in [9.17, 15) is 14.0 Å². The van der Waals surface area contributed by atoms with Gasteiger partial charge in [0.15, 0.2) is 5.76 Å². The molecule has 0 spiro atoms. The van der Waals surface area contributed by atoms with Gasteiger partial charge in [0.1, 0.15) is 11.6 Å². The molecule has 0 bridgehead atoms. The Morgan fingerprint density at radius 1 is 1.38 bits per heavy atom. The maximum absolute atomic E-state index is 14.3. The van der Waals surface area contributed by atoms with E-state index in [0.717, 1.165) is 31.7 Å². The predicted molar refractivity (Wildman–Crippen MR) is 86.6 cm³/mol. The quantitative estimate of drug-likeness (QED) is 0.743. The van der Waals surface area contributed by atoms with E-state index in [4.69, 9.17) is 21.1 Å². The molecule has 1 aliphatic heterocycles. The van der Waals surface area contributed by atoms with Crippen LogP contribution in [0, 0.1) is 5.82 Å². The van der Waals surface area contributed by atoms with E-state index in [1.54, 1.807) is 6.92 Å². The number of amides is 2. The van der Waals surface area contributed by atoms with Crippen LogP contribution in [0.4, 0.5) is 14.9 Å². The number of cyclic esters (lactones) is 1. The highest BCUT2D eigenvalue weighted by molar-refractivity contribution is 6.32. The maximum Gasteiger partial charge on any atom is 0.427 e. The molecule has 1 saturated carbocycles. The molecule has 0 aromatic heterocycles. The van der Waals surface area contributed by atoms with Gasteiger partial charge >= 0.3 is 12.0 Å². The minimum Gasteiger partial charge on any atom is -0.489 e. The van der Waals surface area contributed by atoms with Gasteiger partial charge in [-0.05, 0) is 44.2 Å². The van der Waals surface area contributed by atoms with Gasteiger partial charge < -0.3 is 9.47 Å². The Morgan fingerprint density at radius 3 is 2.75 bits per heavy atom. The molecule has 1 aromatic rings. The number of anilines is 1. The molecule has 1 saturated heterocycles. The van der Waals surface area contributed by atoms with Crippen molar-refractivity contribution < 1.29 is 23.5 Å². The van der Waals surface area contributed by atoms with Crippen LogP contribution in [-0.4, -0.2) is 18.1 Å². The summed E-state index contributed by atoms with van der Waals surface area (Å²) >= 11 is 6.04. The molecule has 1 aliphatic carbocycles. The first-order valence-corrected chi connectivity index (χ1v) is 8.31. The summed E-state index contributed by atoms with van der Waals surface area (Å²) in [5.41, 5.74) is -0.220. The van der Waals surface area contributed by atoms with Crippen LogP contribution in [0.1, 0.15) is 39.0 Å². The lowest BCUT2D eigenvalue weighted by Gasteiger charge is -2.18. The van der Waals surface area contributed by atoms with Gasteiger partial charge in [0.05, 0.1) is 16.8 Å². The van der Waals surface area contributed by atoms with E-state index in [2.05, 4.69) is 0 Å². The zero-order valence-electron chi connectivity index (χ0n) is 13.2. The predicted octanol–water partition coefficient (Wildman–Crippen LogP) is 4.58. The zero-order valence-corrected chi connectivity index (χ0v) is 13.9. The highest BCUT2D eigenvalue weighted by Gasteiger charge is 2.39. The number of imide groups is 1. The van der Waals surface area contributed by atoms with Crippen molar-refractivity contribution in [2.45, 2.75) is 45.1 Å². The summed E-state index contributed by atoms with van der Waals surface area (Å²) in [6.07, 6.45) is 5.00. The van der Waals surface area contributed by atoms with Crippen molar-refractivity contribution in [2.24, 2.45) is 0 Å². The molecule has 2 amide bonds. The highest BCUT2D eigenvalue weighted by atomic mass is 35.5. The van der Waals surface area contributed by atoms with Crippen LogP contribution in [-0.2, 0) is 9.53 Å². The number of hydrogen-bond acceptors (Lipinski definition) is 4. The van der Waals surface area contributed by atoms with Crippen LogP contribution in [0.15, 0.2) is 24.0 Å². The summed E-state index contributed by atoms with van der Waals surface area (Å²) < 4.78 is 25.0. The van der Waals surface area contributed by atoms with Crippen LogP contribution in [0.5, 0.6) is 5.75 Å². The molecular weight excluding hydrogens is 337 g/mol. The fraction of sp³-hybridized carbons (Fsp3) is 0.412. The van der Waals surface area contributed by atoms with Crippen molar-refractivity contribution in [2.75, 3.05) is 4.90 Å². The van der Waals surface area contributed by atoms with Crippen molar-refractivity contribution in [1.82, 2.24) is 0 Å². The van der Waals surface area contributed by atoms with Gasteiger partial charge in [-0.3, -0.25) is 4.79 Å². The van der Waals surface area contributed by atoms with E-state index in [1.165, 1.54) is 12.1 Å². The minimum absolute atomic E-state index is 0.0117. The van der Waals surface area contributed by atoms with Gasteiger partial charge in [-0.2, -0.15) is 0 Å². The summed E-state index contributed by atoms with van der Waals surface area (Å²) in [7, 11) is 0. The molecule has 1 aromatic carbocycles. The van der Waals surface area contributed by atoms with Crippen molar-refractivity contribution in [3.05, 3.63) is 34.8 Å².